The first-order chi connectivity index (χ1) is 12.3. The molecule has 0 spiro atoms. The van der Waals surface area contributed by atoms with E-state index in [1.807, 2.05) is 89.8 Å². The Balaban J connectivity index is 1.76. The molecule has 3 heteroatoms. The average molecular weight is 329 g/mol. The Morgan fingerprint density at radius 2 is 1.36 bits per heavy atom. The van der Waals surface area contributed by atoms with Gasteiger partial charge in [-0.2, -0.15) is 0 Å². The van der Waals surface area contributed by atoms with E-state index in [0.29, 0.717) is 0 Å². The third-order valence-electron chi connectivity index (χ3n) is 4.75. The van der Waals surface area contributed by atoms with E-state index in [9.17, 15) is 4.79 Å². The SMILES string of the molecule is COc1ccc(C2C(c3ccccc3)C(=O)N2c2ccccc2)cc1. The summed E-state index contributed by atoms with van der Waals surface area (Å²) in [5.41, 5.74) is 3.10. The second-order valence-electron chi connectivity index (χ2n) is 6.15. The lowest BCUT2D eigenvalue weighted by Gasteiger charge is -2.47. The van der Waals surface area contributed by atoms with E-state index >= 15 is 0 Å². The van der Waals surface area contributed by atoms with E-state index in [1.54, 1.807) is 7.11 Å². The maximum absolute atomic E-state index is 13.0. The van der Waals surface area contributed by atoms with Crippen molar-refractivity contribution < 1.29 is 9.53 Å². The standard InChI is InChI=1S/C22H19NO2/c1-25-19-14-12-17(13-15-19)21-20(16-8-4-2-5-9-16)22(24)23(21)18-10-6-3-7-11-18/h2-15,20-21H,1H3. The van der Waals surface area contributed by atoms with Gasteiger partial charge in [0.1, 0.15) is 5.75 Å². The number of rotatable bonds is 4. The summed E-state index contributed by atoms with van der Waals surface area (Å²) >= 11 is 0. The summed E-state index contributed by atoms with van der Waals surface area (Å²) in [5.74, 6) is 0.796. The number of nitrogens with zero attached hydrogens (tertiary/aromatic N) is 1. The van der Waals surface area contributed by atoms with Gasteiger partial charge >= 0.3 is 0 Å². The predicted octanol–water partition coefficient (Wildman–Crippen LogP) is 4.57. The van der Waals surface area contributed by atoms with Crippen molar-refractivity contribution in [3.63, 3.8) is 0 Å². The van der Waals surface area contributed by atoms with E-state index in [-0.39, 0.29) is 17.9 Å². The smallest absolute Gasteiger partial charge is 0.237 e. The van der Waals surface area contributed by atoms with Gasteiger partial charge in [-0.3, -0.25) is 4.79 Å². The van der Waals surface area contributed by atoms with Crippen LogP contribution in [-0.4, -0.2) is 13.0 Å². The van der Waals surface area contributed by atoms with Crippen molar-refractivity contribution in [3.05, 3.63) is 96.1 Å². The molecule has 1 saturated heterocycles. The minimum absolute atomic E-state index is 0.0109. The highest BCUT2D eigenvalue weighted by Gasteiger charge is 2.49. The van der Waals surface area contributed by atoms with Crippen molar-refractivity contribution in [2.24, 2.45) is 0 Å². The van der Waals surface area contributed by atoms with Crippen LogP contribution in [0.4, 0.5) is 5.69 Å². The Morgan fingerprint density at radius 3 is 1.96 bits per heavy atom. The van der Waals surface area contributed by atoms with E-state index in [0.717, 1.165) is 22.6 Å². The summed E-state index contributed by atoms with van der Waals surface area (Å²) in [5, 5.41) is 0. The van der Waals surface area contributed by atoms with Gasteiger partial charge < -0.3 is 9.64 Å². The number of anilines is 1. The molecule has 25 heavy (non-hydrogen) atoms. The van der Waals surface area contributed by atoms with Gasteiger partial charge in [-0.05, 0) is 35.4 Å². The Morgan fingerprint density at radius 1 is 0.760 bits per heavy atom. The summed E-state index contributed by atoms with van der Waals surface area (Å²) in [6.07, 6.45) is 0. The number of hydrogen-bond acceptors (Lipinski definition) is 2. The quantitative estimate of drug-likeness (QED) is 0.656. The molecule has 3 nitrogen and oxygen atoms in total. The maximum atomic E-state index is 13.0. The van der Waals surface area contributed by atoms with Gasteiger partial charge in [0.2, 0.25) is 5.91 Å². The zero-order valence-corrected chi connectivity index (χ0v) is 14.0. The fraction of sp³-hybridized carbons (Fsp3) is 0.136. The van der Waals surface area contributed by atoms with Crippen LogP contribution in [0, 0.1) is 0 Å². The molecular weight excluding hydrogens is 310 g/mol. The summed E-state index contributed by atoms with van der Waals surface area (Å²) in [6, 6.07) is 27.8. The molecule has 1 aliphatic heterocycles. The summed E-state index contributed by atoms with van der Waals surface area (Å²) in [7, 11) is 1.66. The number of hydrogen-bond donors (Lipinski definition) is 0. The fourth-order valence-corrected chi connectivity index (χ4v) is 3.49. The molecule has 0 radical (unpaired) electrons. The summed E-state index contributed by atoms with van der Waals surface area (Å²) < 4.78 is 5.26. The Labute approximate surface area is 147 Å². The summed E-state index contributed by atoms with van der Waals surface area (Å²) in [4.78, 5) is 14.9. The average Bonchev–Trinajstić information content (AvgIpc) is 2.68. The molecule has 2 unspecified atom stereocenters. The van der Waals surface area contributed by atoms with Crippen molar-refractivity contribution in [1.82, 2.24) is 0 Å². The molecule has 0 N–H and O–H groups in total. The van der Waals surface area contributed by atoms with Gasteiger partial charge in [0, 0.05) is 5.69 Å². The van der Waals surface area contributed by atoms with Crippen LogP contribution < -0.4 is 9.64 Å². The van der Waals surface area contributed by atoms with E-state index in [2.05, 4.69) is 0 Å². The molecule has 1 fully saturated rings. The highest BCUT2D eigenvalue weighted by Crippen LogP contribution is 2.48. The number of amides is 1. The van der Waals surface area contributed by atoms with Crippen molar-refractivity contribution in [2.45, 2.75) is 12.0 Å². The number of para-hydroxylation sites is 1. The zero-order valence-electron chi connectivity index (χ0n) is 14.0. The Bertz CT molecular complexity index is 810. The molecule has 3 aromatic carbocycles. The topological polar surface area (TPSA) is 29.5 Å². The Kier molecular flexibility index (Phi) is 3.98. The first-order valence-corrected chi connectivity index (χ1v) is 8.36. The molecule has 1 heterocycles. The van der Waals surface area contributed by atoms with E-state index in [4.69, 9.17) is 4.74 Å². The van der Waals surface area contributed by atoms with Crippen molar-refractivity contribution >= 4 is 11.6 Å². The van der Waals surface area contributed by atoms with Crippen LogP contribution in [0.2, 0.25) is 0 Å². The van der Waals surface area contributed by atoms with Gasteiger partial charge in [-0.15, -0.1) is 0 Å². The van der Waals surface area contributed by atoms with E-state index in [1.165, 1.54) is 0 Å². The van der Waals surface area contributed by atoms with Gasteiger partial charge in [0.05, 0.1) is 19.1 Å². The van der Waals surface area contributed by atoms with Crippen LogP contribution in [0.25, 0.3) is 0 Å². The van der Waals surface area contributed by atoms with Crippen molar-refractivity contribution in [2.75, 3.05) is 12.0 Å². The lowest BCUT2D eigenvalue weighted by atomic mass is 9.77. The number of benzene rings is 3. The highest BCUT2D eigenvalue weighted by molar-refractivity contribution is 6.06. The molecule has 0 bridgehead atoms. The molecule has 0 saturated carbocycles. The minimum atomic E-state index is -0.158. The number of methoxy groups -OCH3 is 1. The van der Waals surface area contributed by atoms with Crippen molar-refractivity contribution in [1.29, 1.82) is 0 Å². The molecule has 1 amide bonds. The molecule has 0 aliphatic carbocycles. The molecular formula is C22H19NO2. The lowest BCUT2D eigenvalue weighted by molar-refractivity contribution is -0.126. The van der Waals surface area contributed by atoms with Crippen molar-refractivity contribution in [3.8, 4) is 5.75 Å². The van der Waals surface area contributed by atoms with Gasteiger partial charge in [0.25, 0.3) is 0 Å². The third-order valence-corrected chi connectivity index (χ3v) is 4.75. The fourth-order valence-electron chi connectivity index (χ4n) is 3.49. The highest BCUT2D eigenvalue weighted by atomic mass is 16.5. The number of ether oxygens (including phenoxy) is 1. The van der Waals surface area contributed by atoms with Crippen LogP contribution in [0.15, 0.2) is 84.9 Å². The first-order valence-electron chi connectivity index (χ1n) is 8.36. The van der Waals surface area contributed by atoms with Crippen LogP contribution in [0.5, 0.6) is 5.75 Å². The van der Waals surface area contributed by atoms with Crippen LogP contribution in [0.1, 0.15) is 23.1 Å². The number of β-lactam (4-membered cyclic amide) rings is 1. The van der Waals surface area contributed by atoms with Crippen LogP contribution in [0.3, 0.4) is 0 Å². The lowest BCUT2D eigenvalue weighted by Crippen LogP contribution is -2.53. The molecule has 3 aromatic rings. The molecule has 0 aromatic heterocycles. The number of carbonyl (C=O) groups excluding carboxylic acids is 1. The molecule has 2 atom stereocenters. The largest absolute Gasteiger partial charge is 0.497 e. The number of carbonyl (C=O) groups is 1. The Hall–Kier alpha value is -3.07. The molecule has 1 aliphatic rings. The van der Waals surface area contributed by atoms with E-state index < -0.39 is 0 Å². The second kappa shape index (κ2) is 6.44. The zero-order chi connectivity index (χ0) is 17.2. The maximum Gasteiger partial charge on any atom is 0.237 e. The first kappa shape index (κ1) is 15.5. The second-order valence-corrected chi connectivity index (χ2v) is 6.15. The molecule has 4 rings (SSSR count). The predicted molar refractivity (Wildman–Crippen MR) is 98.8 cm³/mol. The van der Waals surface area contributed by atoms with Gasteiger partial charge in [0.15, 0.2) is 0 Å². The molecule has 124 valence electrons. The normalized spacial score (nSPS) is 19.4. The monoisotopic (exact) mass is 329 g/mol. The van der Waals surface area contributed by atoms with Crippen LogP contribution in [-0.2, 0) is 4.79 Å². The minimum Gasteiger partial charge on any atom is -0.497 e. The summed E-state index contributed by atoms with van der Waals surface area (Å²) in [6.45, 7) is 0. The van der Waals surface area contributed by atoms with Crippen LogP contribution >= 0.6 is 0 Å². The van der Waals surface area contributed by atoms with Gasteiger partial charge in [-0.25, -0.2) is 0 Å². The third kappa shape index (κ3) is 2.68. The van der Waals surface area contributed by atoms with Gasteiger partial charge in [-0.1, -0.05) is 60.7 Å².